The molecule has 6 nitrogen and oxygen atoms in total. The van der Waals surface area contributed by atoms with Crippen molar-refractivity contribution in [2.75, 3.05) is 6.54 Å². The summed E-state index contributed by atoms with van der Waals surface area (Å²) in [4.78, 5) is 25.7. The number of alkyl halides is 3. The summed E-state index contributed by atoms with van der Waals surface area (Å²) in [7, 11) is 0. The van der Waals surface area contributed by atoms with Crippen LogP contribution in [0, 0.1) is 0 Å². The Morgan fingerprint density at radius 2 is 2.00 bits per heavy atom. The molecular weight excluding hydrogens is 371 g/mol. The summed E-state index contributed by atoms with van der Waals surface area (Å²) >= 11 is 0.974. The molecule has 1 aromatic heterocycles. The Balaban J connectivity index is 1.89. The predicted octanol–water partition coefficient (Wildman–Crippen LogP) is 3.14. The summed E-state index contributed by atoms with van der Waals surface area (Å²) in [6, 6.07) is 4.01. The van der Waals surface area contributed by atoms with Crippen molar-refractivity contribution in [3.8, 4) is 10.4 Å². The molecule has 0 aliphatic carbocycles. The number of hydrogen-bond acceptors (Lipinski definition) is 4. The summed E-state index contributed by atoms with van der Waals surface area (Å²) < 4.78 is 39.9. The van der Waals surface area contributed by atoms with E-state index in [0.29, 0.717) is 20.4 Å². The zero-order chi connectivity index (χ0) is 18.8. The van der Waals surface area contributed by atoms with Gasteiger partial charge in [-0.25, -0.2) is 4.79 Å². The van der Waals surface area contributed by atoms with Crippen LogP contribution in [0.3, 0.4) is 0 Å². The van der Waals surface area contributed by atoms with E-state index in [0.717, 1.165) is 22.3 Å². The number of halogens is 3. The Morgan fingerprint density at radius 3 is 2.65 bits per heavy atom. The van der Waals surface area contributed by atoms with Crippen molar-refractivity contribution in [1.29, 1.82) is 0 Å². The maximum absolute atomic E-state index is 13.3. The maximum Gasteiger partial charge on any atom is 0.417 e. The summed E-state index contributed by atoms with van der Waals surface area (Å²) in [6.07, 6.45) is -4.54. The van der Waals surface area contributed by atoms with Crippen molar-refractivity contribution >= 4 is 23.3 Å². The number of primary amides is 1. The lowest BCUT2D eigenvalue weighted by Gasteiger charge is -2.27. The second-order valence-corrected chi connectivity index (χ2v) is 7.16. The normalized spacial score (nSPS) is 21.9. The van der Waals surface area contributed by atoms with Crippen LogP contribution in [-0.4, -0.2) is 33.7 Å². The van der Waals surface area contributed by atoms with Gasteiger partial charge in [0.05, 0.1) is 12.1 Å². The van der Waals surface area contributed by atoms with Crippen molar-refractivity contribution in [2.45, 2.75) is 18.3 Å². The molecule has 136 valence electrons. The number of benzene rings is 1. The number of carbonyl (C=O) groups is 2. The van der Waals surface area contributed by atoms with Crippen LogP contribution in [0.1, 0.15) is 28.1 Å². The van der Waals surface area contributed by atoms with Crippen molar-refractivity contribution < 1.29 is 28.0 Å². The van der Waals surface area contributed by atoms with Crippen LogP contribution in [-0.2, 0) is 11.0 Å². The maximum atomic E-state index is 13.3. The molecule has 1 aromatic carbocycles. The molecule has 2 atom stereocenters. The first-order valence-corrected chi connectivity index (χ1v) is 8.40. The monoisotopic (exact) mass is 383 g/mol. The van der Waals surface area contributed by atoms with Crippen molar-refractivity contribution in [3.63, 3.8) is 0 Å². The first-order valence-electron chi connectivity index (χ1n) is 7.58. The fourth-order valence-electron chi connectivity index (χ4n) is 3.45. The summed E-state index contributed by atoms with van der Waals surface area (Å²) in [5.74, 6) is -0.800. The zero-order valence-corrected chi connectivity index (χ0v) is 13.8. The number of fused-ring (bicyclic) bond motifs is 4. The van der Waals surface area contributed by atoms with Crippen molar-refractivity contribution in [3.05, 3.63) is 46.3 Å². The Bertz CT molecular complexity index is 927. The van der Waals surface area contributed by atoms with Crippen LogP contribution >= 0.6 is 11.3 Å². The fraction of sp³-hybridized carbons (Fsp3) is 0.250. The number of rotatable bonds is 2. The topological polar surface area (TPSA) is 86.9 Å². The first kappa shape index (κ1) is 16.9. The number of hydrogen-bond donors (Lipinski definition) is 2. The highest BCUT2D eigenvalue weighted by atomic mass is 32.1. The minimum absolute atomic E-state index is 0.0238. The number of amides is 3. The van der Waals surface area contributed by atoms with Gasteiger partial charge in [0.1, 0.15) is 12.1 Å². The smallest absolute Gasteiger partial charge is 0.368 e. The van der Waals surface area contributed by atoms with Crippen LogP contribution in [0.25, 0.3) is 10.4 Å². The van der Waals surface area contributed by atoms with Crippen molar-refractivity contribution in [1.82, 2.24) is 9.96 Å². The lowest BCUT2D eigenvalue weighted by Crippen LogP contribution is -2.40. The quantitative estimate of drug-likeness (QED) is 0.781. The molecule has 2 bridgehead atoms. The van der Waals surface area contributed by atoms with Gasteiger partial charge in [-0.15, -0.1) is 11.3 Å². The van der Waals surface area contributed by atoms with E-state index < -0.39 is 35.8 Å². The van der Waals surface area contributed by atoms with Gasteiger partial charge >= 0.3 is 12.2 Å². The van der Waals surface area contributed by atoms with Gasteiger partial charge in [0.2, 0.25) is 5.91 Å². The van der Waals surface area contributed by atoms with Crippen LogP contribution in [0.2, 0.25) is 0 Å². The lowest BCUT2D eigenvalue weighted by atomic mass is 9.97. The standard InChI is InChI=1S/C16H12F3N3O3S/c17-16(18,19)9-4-2-1-3-7(9)11-5-8-10-6-21(15(24)22(10)25)12(14(20)23)13(8)26-11/h1-5,10,12,25H,6H2,(H2,20,23)/t10-,12+/m1/s1. The Labute approximate surface area is 149 Å². The average Bonchev–Trinajstić information content (AvgIpc) is 3.11. The van der Waals surface area contributed by atoms with Crippen molar-refractivity contribution in [2.24, 2.45) is 5.73 Å². The third-order valence-electron chi connectivity index (χ3n) is 4.58. The second-order valence-electron chi connectivity index (χ2n) is 6.07. The first-order chi connectivity index (χ1) is 12.2. The second kappa shape index (κ2) is 5.45. The van der Waals surface area contributed by atoms with Gasteiger partial charge < -0.3 is 10.6 Å². The lowest BCUT2D eigenvalue weighted by molar-refractivity contribution is -0.137. The van der Waals surface area contributed by atoms with E-state index in [4.69, 9.17) is 5.73 Å². The van der Waals surface area contributed by atoms with Gasteiger partial charge in [-0.2, -0.15) is 18.2 Å². The average molecular weight is 383 g/mol. The molecule has 3 N–H and O–H groups in total. The number of urea groups is 1. The fourth-order valence-corrected chi connectivity index (χ4v) is 4.83. The molecule has 0 spiro atoms. The zero-order valence-electron chi connectivity index (χ0n) is 13.0. The molecule has 3 heterocycles. The molecule has 10 heteroatoms. The minimum atomic E-state index is -4.54. The number of hydroxylamine groups is 2. The Hall–Kier alpha value is -2.59. The number of thiophene rings is 1. The van der Waals surface area contributed by atoms with Gasteiger partial charge in [0.25, 0.3) is 0 Å². The molecule has 2 aromatic rings. The van der Waals surface area contributed by atoms with Crippen LogP contribution < -0.4 is 5.73 Å². The molecule has 26 heavy (non-hydrogen) atoms. The molecule has 3 amide bonds. The summed E-state index contributed by atoms with van der Waals surface area (Å²) in [6.45, 7) is 0.0486. The molecular formula is C16H12F3N3O3S. The highest BCUT2D eigenvalue weighted by molar-refractivity contribution is 7.16. The highest BCUT2D eigenvalue weighted by Gasteiger charge is 2.50. The van der Waals surface area contributed by atoms with Gasteiger partial charge in [-0.3, -0.25) is 10.0 Å². The largest absolute Gasteiger partial charge is 0.417 e. The Morgan fingerprint density at radius 1 is 1.31 bits per heavy atom. The predicted molar refractivity (Wildman–Crippen MR) is 85.2 cm³/mol. The summed E-state index contributed by atoms with van der Waals surface area (Å²) in [5.41, 5.74) is 5.04. The number of carbonyl (C=O) groups excluding carboxylic acids is 2. The van der Waals surface area contributed by atoms with E-state index in [1.807, 2.05) is 0 Å². The van der Waals surface area contributed by atoms with Crippen LogP contribution in [0.5, 0.6) is 0 Å². The van der Waals surface area contributed by atoms with Gasteiger partial charge in [-0.1, -0.05) is 18.2 Å². The van der Waals surface area contributed by atoms with E-state index in [9.17, 15) is 28.0 Å². The molecule has 0 saturated carbocycles. The van der Waals surface area contributed by atoms with Crippen LogP contribution in [0.15, 0.2) is 30.3 Å². The van der Waals surface area contributed by atoms with E-state index >= 15 is 0 Å². The summed E-state index contributed by atoms with van der Waals surface area (Å²) in [5, 5.41) is 10.5. The van der Waals surface area contributed by atoms with Gasteiger partial charge in [-0.05, 0) is 17.7 Å². The third-order valence-corrected chi connectivity index (χ3v) is 5.82. The minimum Gasteiger partial charge on any atom is -0.368 e. The molecule has 0 radical (unpaired) electrons. The molecule has 0 unspecified atom stereocenters. The molecule has 1 saturated heterocycles. The third kappa shape index (κ3) is 2.29. The molecule has 2 aliphatic heterocycles. The van der Waals surface area contributed by atoms with Gasteiger partial charge in [0, 0.05) is 15.3 Å². The van der Waals surface area contributed by atoms with E-state index in [1.165, 1.54) is 24.3 Å². The number of nitrogens with zero attached hydrogens (tertiary/aromatic N) is 2. The molecule has 2 aliphatic rings. The molecule has 1 fully saturated rings. The van der Waals surface area contributed by atoms with E-state index in [-0.39, 0.29) is 12.1 Å². The SMILES string of the molecule is NC(=O)[C@@H]1c2sc(-c3ccccc3C(F)(F)F)cc2[C@H]2CN1C(=O)N2O. The van der Waals surface area contributed by atoms with E-state index in [2.05, 4.69) is 0 Å². The van der Waals surface area contributed by atoms with Gasteiger partial charge in [0.15, 0.2) is 0 Å². The Kier molecular flexibility index (Phi) is 3.53. The van der Waals surface area contributed by atoms with Crippen LogP contribution in [0.4, 0.5) is 18.0 Å². The number of nitrogens with two attached hydrogens (primary N) is 1. The molecule has 4 rings (SSSR count). The highest BCUT2D eigenvalue weighted by Crippen LogP contribution is 2.50. The van der Waals surface area contributed by atoms with E-state index in [1.54, 1.807) is 0 Å².